The number of carbonyl (C=O) groups is 2. The number of amides is 2. The Hall–Kier alpha value is -1.92. The lowest BCUT2D eigenvalue weighted by atomic mass is 9.92. The summed E-state index contributed by atoms with van der Waals surface area (Å²) in [5, 5.41) is 3.10. The average Bonchev–Trinajstić information content (AvgIpc) is 2.71. The monoisotopic (exact) mass is 400 g/mol. The minimum Gasteiger partial charge on any atom is -0.354 e. The van der Waals surface area contributed by atoms with Crippen LogP contribution in [0, 0.1) is 5.92 Å². The fourth-order valence-electron chi connectivity index (χ4n) is 4.19. The molecule has 0 radical (unpaired) electrons. The maximum Gasteiger partial charge on any atom is 0.243 e. The third kappa shape index (κ3) is 6.03. The average molecular weight is 401 g/mol. The molecule has 0 aliphatic carbocycles. The number of carbonyl (C=O) groups excluding carboxylic acids is 2. The molecule has 2 heterocycles. The number of likely N-dealkylation sites (N-methyl/N-ethyl adjacent to an activating group) is 1. The molecule has 29 heavy (non-hydrogen) atoms. The molecule has 1 saturated heterocycles. The van der Waals surface area contributed by atoms with Gasteiger partial charge in [-0.2, -0.15) is 0 Å². The van der Waals surface area contributed by atoms with E-state index in [0.29, 0.717) is 25.9 Å². The van der Waals surface area contributed by atoms with Crippen molar-refractivity contribution in [3.8, 4) is 0 Å². The molecule has 1 aromatic rings. The minimum atomic E-state index is -0.403. The second-order valence-electron chi connectivity index (χ2n) is 8.90. The van der Waals surface area contributed by atoms with E-state index in [1.165, 1.54) is 5.56 Å². The highest BCUT2D eigenvalue weighted by Crippen LogP contribution is 2.25. The van der Waals surface area contributed by atoms with Crippen LogP contribution in [0.1, 0.15) is 37.8 Å². The predicted molar refractivity (Wildman–Crippen MR) is 116 cm³/mol. The second-order valence-corrected chi connectivity index (χ2v) is 8.90. The molecule has 0 aromatic heterocycles. The molecular weight excluding hydrogens is 364 g/mol. The first-order valence-electron chi connectivity index (χ1n) is 11.0. The Kier molecular flexibility index (Phi) is 7.67. The molecule has 2 aliphatic heterocycles. The molecule has 1 N–H and O–H groups in total. The Morgan fingerprint density at radius 2 is 1.79 bits per heavy atom. The van der Waals surface area contributed by atoms with E-state index in [1.54, 1.807) is 4.90 Å². The number of fused-ring (bicyclic) bond motifs is 1. The van der Waals surface area contributed by atoms with Gasteiger partial charge in [0.1, 0.15) is 6.04 Å². The molecule has 0 saturated carbocycles. The van der Waals surface area contributed by atoms with E-state index in [0.717, 1.165) is 44.7 Å². The number of hydrogen-bond donors (Lipinski definition) is 1. The Morgan fingerprint density at radius 1 is 1.10 bits per heavy atom. The number of hydrogen-bond acceptors (Lipinski definition) is 4. The van der Waals surface area contributed by atoms with Gasteiger partial charge in [-0.25, -0.2) is 0 Å². The van der Waals surface area contributed by atoms with Crippen molar-refractivity contribution in [1.29, 1.82) is 0 Å². The van der Waals surface area contributed by atoms with Gasteiger partial charge in [-0.15, -0.1) is 0 Å². The van der Waals surface area contributed by atoms with Crippen LogP contribution < -0.4 is 5.32 Å². The van der Waals surface area contributed by atoms with Gasteiger partial charge in [-0.1, -0.05) is 38.1 Å². The highest BCUT2D eigenvalue weighted by molar-refractivity contribution is 5.88. The molecular formula is C23H36N4O2. The van der Waals surface area contributed by atoms with E-state index in [2.05, 4.69) is 34.3 Å². The maximum absolute atomic E-state index is 13.0. The van der Waals surface area contributed by atoms with Crippen LogP contribution in [0.3, 0.4) is 0 Å². The summed E-state index contributed by atoms with van der Waals surface area (Å²) >= 11 is 0. The van der Waals surface area contributed by atoms with Crippen molar-refractivity contribution in [2.45, 2.75) is 45.7 Å². The summed E-state index contributed by atoms with van der Waals surface area (Å²) < 4.78 is 0. The van der Waals surface area contributed by atoms with Crippen LogP contribution in [0.25, 0.3) is 0 Å². The summed E-state index contributed by atoms with van der Waals surface area (Å²) in [7, 11) is 2.16. The van der Waals surface area contributed by atoms with Crippen molar-refractivity contribution in [1.82, 2.24) is 20.0 Å². The van der Waals surface area contributed by atoms with Gasteiger partial charge in [0.15, 0.2) is 0 Å². The number of piperazine rings is 1. The number of nitrogens with zero attached hydrogens (tertiary/aromatic N) is 3. The van der Waals surface area contributed by atoms with E-state index < -0.39 is 6.04 Å². The first-order chi connectivity index (χ1) is 13.9. The lowest BCUT2D eigenvalue weighted by Gasteiger charge is -2.36. The summed E-state index contributed by atoms with van der Waals surface area (Å²) in [5.74, 6) is 0.342. The normalized spacial score (nSPS) is 20.6. The lowest BCUT2D eigenvalue weighted by molar-refractivity contribution is -0.142. The SMILES string of the molecule is CC(C)CC(=O)N1Cc2ccccc2CC1C(=O)NCCCN1CCN(C)CC1. The first kappa shape index (κ1) is 21.8. The zero-order valence-corrected chi connectivity index (χ0v) is 18.2. The number of benzene rings is 1. The van der Waals surface area contributed by atoms with E-state index in [9.17, 15) is 9.59 Å². The van der Waals surface area contributed by atoms with Crippen LogP contribution in [0.5, 0.6) is 0 Å². The van der Waals surface area contributed by atoms with Crippen molar-refractivity contribution in [3.63, 3.8) is 0 Å². The Balaban J connectivity index is 1.55. The fourth-order valence-corrected chi connectivity index (χ4v) is 4.19. The fraction of sp³-hybridized carbons (Fsp3) is 0.652. The van der Waals surface area contributed by atoms with Gasteiger partial charge in [-0.3, -0.25) is 9.59 Å². The van der Waals surface area contributed by atoms with Gasteiger partial charge < -0.3 is 20.0 Å². The van der Waals surface area contributed by atoms with Gasteiger partial charge in [0.2, 0.25) is 11.8 Å². The summed E-state index contributed by atoms with van der Waals surface area (Å²) in [6.45, 7) is 10.7. The molecule has 2 aliphatic rings. The summed E-state index contributed by atoms with van der Waals surface area (Å²) in [6, 6.07) is 7.75. The van der Waals surface area contributed by atoms with Gasteiger partial charge in [0.05, 0.1) is 0 Å². The summed E-state index contributed by atoms with van der Waals surface area (Å²) in [6.07, 6.45) is 2.03. The van der Waals surface area contributed by atoms with Crippen LogP contribution in [0.2, 0.25) is 0 Å². The topological polar surface area (TPSA) is 55.9 Å². The van der Waals surface area contributed by atoms with Gasteiger partial charge in [0.25, 0.3) is 0 Å². The van der Waals surface area contributed by atoms with Crippen LogP contribution in [0.15, 0.2) is 24.3 Å². The first-order valence-corrected chi connectivity index (χ1v) is 11.0. The molecule has 1 unspecified atom stereocenters. The van der Waals surface area contributed by atoms with Gasteiger partial charge in [-0.05, 0) is 37.1 Å². The van der Waals surface area contributed by atoms with Crippen LogP contribution in [-0.4, -0.2) is 78.9 Å². The van der Waals surface area contributed by atoms with Crippen molar-refractivity contribution in [2.75, 3.05) is 46.3 Å². The van der Waals surface area contributed by atoms with Crippen molar-refractivity contribution in [2.24, 2.45) is 5.92 Å². The van der Waals surface area contributed by atoms with Crippen LogP contribution in [0.4, 0.5) is 0 Å². The third-order valence-electron chi connectivity index (χ3n) is 6.00. The number of nitrogens with one attached hydrogen (secondary N) is 1. The molecule has 1 aromatic carbocycles. The van der Waals surface area contributed by atoms with E-state index in [1.807, 2.05) is 26.0 Å². The lowest BCUT2D eigenvalue weighted by Crippen LogP contribution is -2.53. The zero-order valence-electron chi connectivity index (χ0n) is 18.2. The van der Waals surface area contributed by atoms with Crippen molar-refractivity contribution in [3.05, 3.63) is 35.4 Å². The highest BCUT2D eigenvalue weighted by atomic mass is 16.2. The predicted octanol–water partition coefficient (Wildman–Crippen LogP) is 1.74. The molecule has 3 rings (SSSR count). The van der Waals surface area contributed by atoms with E-state index in [-0.39, 0.29) is 17.7 Å². The number of rotatable bonds is 7. The van der Waals surface area contributed by atoms with E-state index >= 15 is 0 Å². The molecule has 1 atom stereocenters. The molecule has 1 fully saturated rings. The highest BCUT2D eigenvalue weighted by Gasteiger charge is 2.34. The molecule has 160 valence electrons. The van der Waals surface area contributed by atoms with Gasteiger partial charge in [0, 0.05) is 52.1 Å². The Morgan fingerprint density at radius 3 is 2.48 bits per heavy atom. The van der Waals surface area contributed by atoms with Crippen LogP contribution >= 0.6 is 0 Å². The second kappa shape index (κ2) is 10.2. The molecule has 6 heteroatoms. The van der Waals surface area contributed by atoms with E-state index in [4.69, 9.17) is 0 Å². The Bertz CT molecular complexity index is 698. The van der Waals surface area contributed by atoms with Crippen LogP contribution in [-0.2, 0) is 22.6 Å². The zero-order chi connectivity index (χ0) is 20.8. The molecule has 2 amide bonds. The Labute approximate surface area is 175 Å². The van der Waals surface area contributed by atoms with Gasteiger partial charge >= 0.3 is 0 Å². The standard InChI is InChI=1S/C23H36N4O2/c1-18(2)15-22(28)27-17-20-8-5-4-7-19(20)16-21(27)23(29)24-9-6-10-26-13-11-25(3)12-14-26/h4-5,7-8,18,21H,6,9-17H2,1-3H3,(H,24,29). The van der Waals surface area contributed by atoms with Crippen molar-refractivity contribution < 1.29 is 9.59 Å². The molecule has 0 bridgehead atoms. The minimum absolute atomic E-state index is 0.0185. The summed E-state index contributed by atoms with van der Waals surface area (Å²) in [5.41, 5.74) is 2.34. The third-order valence-corrected chi connectivity index (χ3v) is 6.00. The van der Waals surface area contributed by atoms with Crippen molar-refractivity contribution >= 4 is 11.8 Å². The largest absolute Gasteiger partial charge is 0.354 e. The summed E-state index contributed by atoms with van der Waals surface area (Å²) in [4.78, 5) is 32.4. The quantitative estimate of drug-likeness (QED) is 0.709. The maximum atomic E-state index is 13.0. The molecule has 0 spiro atoms. The molecule has 6 nitrogen and oxygen atoms in total. The smallest absolute Gasteiger partial charge is 0.243 e.